The van der Waals surface area contributed by atoms with Crippen molar-refractivity contribution in [1.29, 1.82) is 0 Å². The number of thiophene rings is 1. The molecule has 1 fully saturated rings. The molecule has 0 radical (unpaired) electrons. The maximum absolute atomic E-state index is 2.82. The Kier molecular flexibility index (Phi) is 10.2. The molecule has 402 valence electrons. The van der Waals surface area contributed by atoms with E-state index in [0.717, 1.165) is 12.8 Å². The molecule has 1 saturated carbocycles. The van der Waals surface area contributed by atoms with Crippen LogP contribution in [0.25, 0.3) is 20.2 Å². The minimum Gasteiger partial charge on any atom is -0.334 e. The highest BCUT2D eigenvalue weighted by Crippen LogP contribution is 2.62. The molecule has 4 heterocycles. The van der Waals surface area contributed by atoms with Gasteiger partial charge in [-0.15, -0.1) is 11.3 Å². The van der Waals surface area contributed by atoms with Crippen molar-refractivity contribution in [2.24, 2.45) is 0 Å². The molecule has 0 amide bonds. The summed E-state index contributed by atoms with van der Waals surface area (Å²) in [4.78, 5) is 8.26. The van der Waals surface area contributed by atoms with Crippen molar-refractivity contribution in [3.8, 4) is 0 Å². The molecule has 9 aromatic rings. The van der Waals surface area contributed by atoms with Crippen LogP contribution in [-0.4, -0.2) is 12.3 Å². The van der Waals surface area contributed by atoms with Crippen LogP contribution in [-0.2, 0) is 32.5 Å². The van der Waals surface area contributed by atoms with E-state index in [1.807, 2.05) is 11.3 Å². The Morgan fingerprint density at radius 1 is 0.463 bits per heavy atom. The van der Waals surface area contributed by atoms with Gasteiger partial charge in [0.2, 0.25) is 0 Å². The van der Waals surface area contributed by atoms with Gasteiger partial charge in [0.05, 0.1) is 5.54 Å². The molecule has 6 aliphatic rings. The van der Waals surface area contributed by atoms with E-state index in [1.54, 1.807) is 0 Å². The van der Waals surface area contributed by atoms with E-state index >= 15 is 0 Å². The van der Waals surface area contributed by atoms with E-state index in [2.05, 4.69) is 258 Å². The third kappa shape index (κ3) is 6.56. The van der Waals surface area contributed by atoms with Gasteiger partial charge in [0.25, 0.3) is 6.71 Å². The third-order valence-electron chi connectivity index (χ3n) is 21.7. The molecular formula is C75H78BN3S. The van der Waals surface area contributed by atoms with Crippen LogP contribution in [0.3, 0.4) is 0 Å². The third-order valence-corrected chi connectivity index (χ3v) is 22.9. The second-order valence-corrected chi connectivity index (χ2v) is 30.4. The predicted molar refractivity (Wildman–Crippen MR) is 346 cm³/mol. The summed E-state index contributed by atoms with van der Waals surface area (Å²) in [6.07, 6.45) is 5.96. The van der Waals surface area contributed by atoms with Gasteiger partial charge in [-0.3, -0.25) is 0 Å². The van der Waals surface area contributed by atoms with Gasteiger partial charge in [-0.25, -0.2) is 0 Å². The highest BCUT2D eigenvalue weighted by Gasteiger charge is 2.58. The topological polar surface area (TPSA) is 9.72 Å². The summed E-state index contributed by atoms with van der Waals surface area (Å²) < 4.78 is 2.67. The van der Waals surface area contributed by atoms with Gasteiger partial charge in [0.1, 0.15) is 0 Å². The van der Waals surface area contributed by atoms with Gasteiger partial charge in [-0.2, -0.15) is 0 Å². The zero-order valence-electron chi connectivity index (χ0n) is 50.1. The van der Waals surface area contributed by atoms with Gasteiger partial charge in [0, 0.05) is 81.9 Å². The molecule has 0 bridgehead atoms. The maximum atomic E-state index is 2.82. The van der Waals surface area contributed by atoms with E-state index in [-0.39, 0.29) is 44.7 Å². The van der Waals surface area contributed by atoms with Crippen LogP contribution in [0.15, 0.2) is 140 Å². The monoisotopic (exact) mass is 1060 g/mol. The summed E-state index contributed by atoms with van der Waals surface area (Å²) in [6, 6.07) is 56.4. The SMILES string of the molecule is Cc1cc2c3c(c1)N(c1cc4c(cc1C)C(C)(C)c1ccccc1C4(C)C)c1cc(N4c5ccc(C(C)(C)C)cc5C5(C)CCCCC45C)ccc1B3c1cc3c(cc1N2c1ccc2c(c1)sc1ccccc12)C(C)(C)CC3(C)C. The fourth-order valence-corrected chi connectivity index (χ4v) is 18.7. The van der Waals surface area contributed by atoms with Crippen molar-refractivity contribution in [1.82, 2.24) is 0 Å². The normalized spacial score (nSPS) is 22.1. The van der Waals surface area contributed by atoms with Crippen LogP contribution in [0.5, 0.6) is 0 Å². The largest absolute Gasteiger partial charge is 0.334 e. The van der Waals surface area contributed by atoms with Crippen molar-refractivity contribution in [3.63, 3.8) is 0 Å². The van der Waals surface area contributed by atoms with Crippen molar-refractivity contribution in [3.05, 3.63) is 195 Å². The number of aryl methyl sites for hydroxylation is 2. The first kappa shape index (κ1) is 50.4. The highest BCUT2D eigenvalue weighted by atomic mass is 32.1. The second-order valence-electron chi connectivity index (χ2n) is 29.4. The molecule has 2 atom stereocenters. The predicted octanol–water partition coefficient (Wildman–Crippen LogP) is 18.7. The Hall–Kier alpha value is -6.56. The Morgan fingerprint density at radius 3 is 1.80 bits per heavy atom. The van der Waals surface area contributed by atoms with E-state index in [1.165, 1.54) is 157 Å². The number of hydrogen-bond donors (Lipinski definition) is 0. The zero-order chi connectivity index (χ0) is 55.7. The Labute approximate surface area is 481 Å². The Balaban J connectivity index is 1.03. The van der Waals surface area contributed by atoms with Gasteiger partial charge in [-0.1, -0.05) is 175 Å². The molecule has 15 rings (SSSR count). The lowest BCUT2D eigenvalue weighted by molar-refractivity contribution is 0.195. The fourth-order valence-electron chi connectivity index (χ4n) is 17.5. The summed E-state index contributed by atoms with van der Waals surface area (Å²) in [5.41, 5.74) is 28.4. The molecular weight excluding hydrogens is 986 g/mol. The molecule has 3 nitrogen and oxygen atoms in total. The van der Waals surface area contributed by atoms with E-state index in [9.17, 15) is 0 Å². The highest BCUT2D eigenvalue weighted by molar-refractivity contribution is 7.25. The lowest BCUT2D eigenvalue weighted by Gasteiger charge is -2.51. The Bertz CT molecular complexity index is 4200. The number of hydrogen-bond acceptors (Lipinski definition) is 4. The smallest absolute Gasteiger partial charge is 0.252 e. The number of benzene rings is 8. The van der Waals surface area contributed by atoms with Crippen LogP contribution in [0.1, 0.15) is 178 Å². The van der Waals surface area contributed by atoms with Crippen LogP contribution >= 0.6 is 11.3 Å². The fraction of sp³-hybridized carbons (Fsp3) is 0.360. The van der Waals surface area contributed by atoms with Crippen molar-refractivity contribution < 1.29 is 0 Å². The first-order valence-corrected chi connectivity index (χ1v) is 30.9. The summed E-state index contributed by atoms with van der Waals surface area (Å²) in [5.74, 6) is 0. The number of fused-ring (bicyclic) bond motifs is 13. The van der Waals surface area contributed by atoms with E-state index in [4.69, 9.17) is 0 Å². The number of anilines is 8. The van der Waals surface area contributed by atoms with Crippen molar-refractivity contribution in [2.45, 2.75) is 174 Å². The van der Waals surface area contributed by atoms with Gasteiger partial charge in [0.15, 0.2) is 0 Å². The molecule has 1 aromatic heterocycles. The summed E-state index contributed by atoms with van der Waals surface area (Å²) >= 11 is 1.92. The second kappa shape index (κ2) is 16.1. The van der Waals surface area contributed by atoms with Crippen molar-refractivity contribution in [2.75, 3.05) is 14.7 Å². The molecule has 8 aromatic carbocycles. The number of rotatable bonds is 3. The lowest BCUT2D eigenvalue weighted by atomic mass is 9.33. The van der Waals surface area contributed by atoms with E-state index < -0.39 is 0 Å². The average Bonchev–Trinajstić information content (AvgIpc) is 4.13. The molecule has 5 heteroatoms. The minimum absolute atomic E-state index is 0.000875. The average molecular weight is 1060 g/mol. The standard InChI is InChI=1S/C75H78BN3S/c1-44-34-64-68-65(35-44)78(61-42-56-55(36-45(61)2)72(10,11)51-23-17-18-24-52(51)73(56,12)13)62-38-48(79-60-31-26-46(69(3,4)5)37-57(60)74(14)32-20-21-33-75(74,79)15)28-30-58(62)76(68)59-40-53-54(71(8,9)43-70(53,6)7)41-63(59)77(64)47-27-29-50-49-22-16-19-25-66(49)80-67(50)39-47/h16-19,22-31,34-42H,20-21,32-33,43H2,1-15H3. The Morgan fingerprint density at radius 2 is 1.07 bits per heavy atom. The quantitative estimate of drug-likeness (QED) is 0.163. The van der Waals surface area contributed by atoms with E-state index in [0.29, 0.717) is 0 Å². The lowest BCUT2D eigenvalue weighted by Crippen LogP contribution is -2.61. The molecule has 2 unspecified atom stereocenters. The van der Waals surface area contributed by atoms with Crippen LogP contribution in [0.4, 0.5) is 45.5 Å². The van der Waals surface area contributed by atoms with Gasteiger partial charge in [-0.05, 0) is 189 Å². The van der Waals surface area contributed by atoms with Crippen molar-refractivity contribution >= 4 is 100 Å². The molecule has 0 saturated heterocycles. The summed E-state index contributed by atoms with van der Waals surface area (Å²) in [7, 11) is 0. The first-order valence-electron chi connectivity index (χ1n) is 30.0. The molecule has 3 aliphatic carbocycles. The molecule has 80 heavy (non-hydrogen) atoms. The van der Waals surface area contributed by atoms with Crippen LogP contribution < -0.4 is 31.1 Å². The first-order chi connectivity index (χ1) is 37.8. The minimum atomic E-state index is -0.216. The molecule has 3 aliphatic heterocycles. The van der Waals surface area contributed by atoms with Crippen LogP contribution in [0.2, 0.25) is 0 Å². The molecule has 0 N–H and O–H groups in total. The maximum Gasteiger partial charge on any atom is 0.252 e. The molecule has 0 spiro atoms. The summed E-state index contributed by atoms with van der Waals surface area (Å²) in [6.45, 7) is 36.8. The van der Waals surface area contributed by atoms with Crippen LogP contribution in [0, 0.1) is 13.8 Å². The number of nitrogens with zero attached hydrogens (tertiary/aromatic N) is 3. The zero-order valence-corrected chi connectivity index (χ0v) is 51.0. The van der Waals surface area contributed by atoms with Gasteiger partial charge >= 0.3 is 0 Å². The summed E-state index contributed by atoms with van der Waals surface area (Å²) in [5, 5.41) is 2.67. The van der Waals surface area contributed by atoms with Gasteiger partial charge < -0.3 is 14.7 Å².